The topological polar surface area (TPSA) is 60.9 Å². The van der Waals surface area contributed by atoms with Gasteiger partial charge in [-0.2, -0.15) is 13.2 Å². The fourth-order valence-electron chi connectivity index (χ4n) is 2.04. The highest BCUT2D eigenvalue weighted by Crippen LogP contribution is 2.31. The zero-order valence-electron chi connectivity index (χ0n) is 11.9. The summed E-state index contributed by atoms with van der Waals surface area (Å²) < 4.78 is 56.3. The van der Waals surface area contributed by atoms with Crippen molar-refractivity contribution in [2.24, 2.45) is 0 Å². The molecule has 5 nitrogen and oxygen atoms in total. The molecular formula is C14H9F4N3O2S. The van der Waals surface area contributed by atoms with E-state index in [9.17, 15) is 22.4 Å². The SMILES string of the molecule is O=c1onc(Cc2ccc(F)cc2)n1Cc1csc(C(F)(F)F)n1. The summed E-state index contributed by atoms with van der Waals surface area (Å²) in [4.78, 5) is 15.2. The number of thiazole rings is 1. The van der Waals surface area contributed by atoms with Crippen LogP contribution in [0.15, 0.2) is 39.0 Å². The van der Waals surface area contributed by atoms with Gasteiger partial charge in [-0.1, -0.05) is 17.3 Å². The van der Waals surface area contributed by atoms with E-state index < -0.39 is 22.8 Å². The quantitative estimate of drug-likeness (QED) is 0.672. The number of rotatable bonds is 4. The lowest BCUT2D eigenvalue weighted by molar-refractivity contribution is -0.137. The van der Waals surface area contributed by atoms with E-state index in [1.165, 1.54) is 29.6 Å². The molecule has 1 aromatic carbocycles. The Kier molecular flexibility index (Phi) is 4.22. The molecule has 0 saturated carbocycles. The molecule has 0 radical (unpaired) electrons. The van der Waals surface area contributed by atoms with Crippen molar-refractivity contribution in [3.8, 4) is 0 Å². The second kappa shape index (κ2) is 6.19. The molecule has 0 N–H and O–H groups in total. The molecule has 10 heteroatoms. The van der Waals surface area contributed by atoms with Gasteiger partial charge in [0.1, 0.15) is 5.82 Å². The van der Waals surface area contributed by atoms with Gasteiger partial charge in [0, 0.05) is 11.8 Å². The first kappa shape index (κ1) is 16.4. The van der Waals surface area contributed by atoms with Crippen LogP contribution in [0.3, 0.4) is 0 Å². The molecule has 0 aliphatic rings. The van der Waals surface area contributed by atoms with Gasteiger partial charge in [0.05, 0.1) is 12.2 Å². The third-order valence-electron chi connectivity index (χ3n) is 3.15. The van der Waals surface area contributed by atoms with E-state index in [0.717, 1.165) is 4.57 Å². The van der Waals surface area contributed by atoms with Gasteiger partial charge in [-0.3, -0.25) is 9.09 Å². The van der Waals surface area contributed by atoms with Crippen molar-refractivity contribution in [1.29, 1.82) is 0 Å². The molecular weight excluding hydrogens is 350 g/mol. The summed E-state index contributed by atoms with van der Waals surface area (Å²) in [5.41, 5.74) is 0.755. The molecule has 0 bridgehead atoms. The number of halogens is 4. The highest BCUT2D eigenvalue weighted by molar-refractivity contribution is 7.09. The number of hydrogen-bond donors (Lipinski definition) is 0. The normalized spacial score (nSPS) is 11.8. The minimum absolute atomic E-state index is 0.0815. The van der Waals surface area contributed by atoms with Crippen molar-refractivity contribution in [2.45, 2.75) is 19.1 Å². The Morgan fingerprint density at radius 2 is 1.92 bits per heavy atom. The van der Waals surface area contributed by atoms with Gasteiger partial charge >= 0.3 is 11.9 Å². The fourth-order valence-corrected chi connectivity index (χ4v) is 2.71. The van der Waals surface area contributed by atoms with Gasteiger partial charge in [-0.15, -0.1) is 11.3 Å². The highest BCUT2D eigenvalue weighted by Gasteiger charge is 2.34. The summed E-state index contributed by atoms with van der Waals surface area (Å²) in [6.45, 7) is -0.189. The third-order valence-corrected chi connectivity index (χ3v) is 4.09. The second-order valence-corrected chi connectivity index (χ2v) is 5.75. The molecule has 0 fully saturated rings. The molecule has 2 aromatic heterocycles. The lowest BCUT2D eigenvalue weighted by atomic mass is 10.1. The van der Waals surface area contributed by atoms with Crippen LogP contribution >= 0.6 is 11.3 Å². The zero-order chi connectivity index (χ0) is 17.3. The Balaban J connectivity index is 1.84. The van der Waals surface area contributed by atoms with Crippen LogP contribution in [0, 0.1) is 5.82 Å². The standard InChI is InChI=1S/C14H9F4N3O2S/c15-9-3-1-8(2-4-9)5-11-20-23-13(22)21(11)6-10-7-24-12(19-10)14(16,17)18/h1-4,7H,5-6H2. The number of hydrogen-bond acceptors (Lipinski definition) is 5. The van der Waals surface area contributed by atoms with Crippen molar-refractivity contribution in [2.75, 3.05) is 0 Å². The summed E-state index contributed by atoms with van der Waals surface area (Å²) in [5, 5.41) is 3.86. The minimum Gasteiger partial charge on any atom is -0.296 e. The third kappa shape index (κ3) is 3.53. The first-order chi connectivity index (χ1) is 11.3. The number of benzene rings is 1. The maximum atomic E-state index is 12.9. The lowest BCUT2D eigenvalue weighted by Crippen LogP contribution is -2.18. The number of aromatic nitrogens is 3. The molecule has 0 atom stereocenters. The maximum Gasteiger partial charge on any atom is 0.443 e. The van der Waals surface area contributed by atoms with Crippen LogP contribution in [0.2, 0.25) is 0 Å². The van der Waals surface area contributed by atoms with Gasteiger partial charge in [-0.25, -0.2) is 14.2 Å². The summed E-state index contributed by atoms with van der Waals surface area (Å²) in [6, 6.07) is 5.55. The average Bonchev–Trinajstić information content (AvgIpc) is 3.11. The van der Waals surface area contributed by atoms with Crippen LogP contribution in [0.5, 0.6) is 0 Å². The van der Waals surface area contributed by atoms with E-state index in [0.29, 0.717) is 16.9 Å². The Hall–Kier alpha value is -2.49. The first-order valence-electron chi connectivity index (χ1n) is 6.64. The molecule has 24 heavy (non-hydrogen) atoms. The summed E-state index contributed by atoms with van der Waals surface area (Å²) in [5.74, 6) is -0.986. The maximum absolute atomic E-state index is 12.9. The van der Waals surface area contributed by atoms with Gasteiger partial charge in [0.15, 0.2) is 10.8 Å². The van der Waals surface area contributed by atoms with E-state index in [1.807, 2.05) is 0 Å². The van der Waals surface area contributed by atoms with E-state index in [2.05, 4.69) is 14.7 Å². The van der Waals surface area contributed by atoms with E-state index in [1.54, 1.807) is 0 Å². The van der Waals surface area contributed by atoms with Crippen LogP contribution in [0.4, 0.5) is 17.6 Å². The fraction of sp³-hybridized carbons (Fsp3) is 0.214. The van der Waals surface area contributed by atoms with Crippen molar-refractivity contribution in [1.82, 2.24) is 14.7 Å². The van der Waals surface area contributed by atoms with Crippen molar-refractivity contribution in [3.05, 3.63) is 68.1 Å². The van der Waals surface area contributed by atoms with Crippen LogP contribution in [-0.4, -0.2) is 14.7 Å². The number of nitrogens with zero attached hydrogens (tertiary/aromatic N) is 3. The zero-order valence-corrected chi connectivity index (χ0v) is 12.7. The predicted molar refractivity (Wildman–Crippen MR) is 76.2 cm³/mol. The van der Waals surface area contributed by atoms with Gasteiger partial charge < -0.3 is 0 Å². The van der Waals surface area contributed by atoms with Crippen LogP contribution < -0.4 is 5.76 Å². The molecule has 0 spiro atoms. The first-order valence-corrected chi connectivity index (χ1v) is 7.52. The molecule has 3 rings (SSSR count). The van der Waals surface area contributed by atoms with Crippen molar-refractivity contribution in [3.63, 3.8) is 0 Å². The van der Waals surface area contributed by atoms with Gasteiger partial charge in [0.2, 0.25) is 0 Å². The average molecular weight is 359 g/mol. The molecule has 0 aliphatic heterocycles. The molecule has 2 heterocycles. The van der Waals surface area contributed by atoms with Crippen molar-refractivity contribution < 1.29 is 22.1 Å². The molecule has 0 aliphatic carbocycles. The van der Waals surface area contributed by atoms with E-state index in [4.69, 9.17) is 0 Å². The summed E-state index contributed by atoms with van der Waals surface area (Å²) in [7, 11) is 0. The van der Waals surface area contributed by atoms with E-state index in [-0.39, 0.29) is 24.5 Å². The largest absolute Gasteiger partial charge is 0.443 e. The van der Waals surface area contributed by atoms with Crippen molar-refractivity contribution >= 4 is 11.3 Å². The predicted octanol–water partition coefficient (Wildman–Crippen LogP) is 3.09. The summed E-state index contributed by atoms with van der Waals surface area (Å²) >= 11 is 0.451. The van der Waals surface area contributed by atoms with Crippen LogP contribution in [0.25, 0.3) is 0 Å². The lowest BCUT2D eigenvalue weighted by Gasteiger charge is -2.03. The number of alkyl halides is 3. The molecule has 0 unspecified atom stereocenters. The Morgan fingerprint density at radius 3 is 2.54 bits per heavy atom. The molecule has 0 saturated heterocycles. The Bertz CT molecular complexity index is 896. The Morgan fingerprint density at radius 1 is 1.21 bits per heavy atom. The van der Waals surface area contributed by atoms with Gasteiger partial charge in [0.25, 0.3) is 0 Å². The Labute approximate surface area is 136 Å². The van der Waals surface area contributed by atoms with E-state index >= 15 is 0 Å². The minimum atomic E-state index is -4.53. The van der Waals surface area contributed by atoms with Gasteiger partial charge in [-0.05, 0) is 17.7 Å². The molecule has 3 aromatic rings. The summed E-state index contributed by atoms with van der Waals surface area (Å²) in [6.07, 6.45) is -4.36. The second-order valence-electron chi connectivity index (χ2n) is 4.90. The van der Waals surface area contributed by atoms with Crippen LogP contribution in [0.1, 0.15) is 22.1 Å². The smallest absolute Gasteiger partial charge is 0.296 e. The monoisotopic (exact) mass is 359 g/mol. The molecule has 126 valence electrons. The molecule has 0 amide bonds. The highest BCUT2D eigenvalue weighted by atomic mass is 32.1. The van der Waals surface area contributed by atoms with Crippen LogP contribution in [-0.2, 0) is 19.1 Å².